The fourth-order valence-corrected chi connectivity index (χ4v) is 2.12. The third kappa shape index (κ3) is 2.23. The predicted octanol–water partition coefficient (Wildman–Crippen LogP) is 3.64. The first-order chi connectivity index (χ1) is 7.16. The van der Waals surface area contributed by atoms with Gasteiger partial charge in [-0.1, -0.05) is 19.9 Å². The van der Waals surface area contributed by atoms with Gasteiger partial charge in [-0.15, -0.1) is 11.3 Å². The zero-order chi connectivity index (χ0) is 10.8. The average Bonchev–Trinajstić information content (AvgIpc) is 2.65. The lowest BCUT2D eigenvalue weighted by atomic mass is 10.1. The van der Waals surface area contributed by atoms with Crippen LogP contribution in [0.4, 0.5) is 0 Å². The number of thiazole rings is 1. The molecule has 2 heterocycles. The molecule has 2 aromatic rings. The quantitative estimate of drug-likeness (QED) is 0.769. The molecule has 0 saturated carbocycles. The number of hydrogen-bond acceptors (Lipinski definition) is 3. The molecule has 0 aliphatic rings. The van der Waals surface area contributed by atoms with Crippen molar-refractivity contribution in [3.8, 4) is 10.7 Å². The molecule has 0 saturated heterocycles. The second-order valence-electron chi connectivity index (χ2n) is 3.93. The van der Waals surface area contributed by atoms with Crippen LogP contribution in [0.25, 0.3) is 10.7 Å². The maximum absolute atomic E-state index is 4.43. The third-order valence-corrected chi connectivity index (χ3v) is 3.27. The Morgan fingerprint density at radius 2 is 2.07 bits per heavy atom. The largest absolute Gasteiger partial charge is 0.253 e. The van der Waals surface area contributed by atoms with Crippen molar-refractivity contribution in [1.29, 1.82) is 0 Å². The molecule has 15 heavy (non-hydrogen) atoms. The van der Waals surface area contributed by atoms with Crippen molar-refractivity contribution in [3.63, 3.8) is 0 Å². The SMILES string of the molecule is Cc1csc(-c2ccc(C(C)C)cn2)n1. The molecule has 0 bridgehead atoms. The van der Waals surface area contributed by atoms with E-state index < -0.39 is 0 Å². The van der Waals surface area contributed by atoms with E-state index in [9.17, 15) is 0 Å². The number of nitrogens with zero attached hydrogens (tertiary/aromatic N) is 2. The summed E-state index contributed by atoms with van der Waals surface area (Å²) in [5, 5.41) is 3.05. The van der Waals surface area contributed by atoms with Crippen molar-refractivity contribution in [2.45, 2.75) is 26.7 Å². The minimum Gasteiger partial charge on any atom is -0.253 e. The van der Waals surface area contributed by atoms with Gasteiger partial charge in [0.25, 0.3) is 0 Å². The van der Waals surface area contributed by atoms with Crippen LogP contribution in [0.2, 0.25) is 0 Å². The number of pyridine rings is 1. The van der Waals surface area contributed by atoms with Crippen LogP contribution in [-0.4, -0.2) is 9.97 Å². The summed E-state index contributed by atoms with van der Waals surface area (Å²) in [6.07, 6.45) is 1.94. The Labute approximate surface area is 94.0 Å². The monoisotopic (exact) mass is 218 g/mol. The fourth-order valence-electron chi connectivity index (χ4n) is 1.34. The lowest BCUT2D eigenvalue weighted by molar-refractivity contribution is 0.859. The maximum atomic E-state index is 4.43. The lowest BCUT2D eigenvalue weighted by Crippen LogP contribution is -1.90. The topological polar surface area (TPSA) is 25.8 Å². The highest BCUT2D eigenvalue weighted by Gasteiger charge is 2.05. The van der Waals surface area contributed by atoms with Gasteiger partial charge in [0.05, 0.1) is 5.69 Å². The molecule has 2 aromatic heterocycles. The molecule has 0 aromatic carbocycles. The van der Waals surface area contributed by atoms with E-state index in [0.29, 0.717) is 5.92 Å². The molecule has 0 unspecified atom stereocenters. The van der Waals surface area contributed by atoms with Gasteiger partial charge in [0.2, 0.25) is 0 Å². The van der Waals surface area contributed by atoms with E-state index in [2.05, 4.69) is 29.9 Å². The summed E-state index contributed by atoms with van der Waals surface area (Å²) in [5.74, 6) is 0.532. The zero-order valence-corrected chi connectivity index (χ0v) is 10.0. The van der Waals surface area contributed by atoms with Gasteiger partial charge >= 0.3 is 0 Å². The van der Waals surface area contributed by atoms with Gasteiger partial charge in [-0.2, -0.15) is 0 Å². The molecule has 0 amide bonds. The number of aromatic nitrogens is 2. The minimum atomic E-state index is 0.532. The van der Waals surface area contributed by atoms with Gasteiger partial charge in [-0.3, -0.25) is 4.98 Å². The minimum absolute atomic E-state index is 0.532. The van der Waals surface area contributed by atoms with Crippen LogP contribution in [0, 0.1) is 6.92 Å². The summed E-state index contributed by atoms with van der Waals surface area (Å²) < 4.78 is 0. The summed E-state index contributed by atoms with van der Waals surface area (Å²) in [7, 11) is 0. The zero-order valence-electron chi connectivity index (χ0n) is 9.19. The molecule has 0 fully saturated rings. The van der Waals surface area contributed by atoms with E-state index in [0.717, 1.165) is 16.4 Å². The fraction of sp³-hybridized carbons (Fsp3) is 0.333. The highest BCUT2D eigenvalue weighted by atomic mass is 32.1. The van der Waals surface area contributed by atoms with E-state index >= 15 is 0 Å². The van der Waals surface area contributed by atoms with Gasteiger partial charge in [0, 0.05) is 17.3 Å². The molecule has 0 aliphatic carbocycles. The van der Waals surface area contributed by atoms with Crippen molar-refractivity contribution in [1.82, 2.24) is 9.97 Å². The second kappa shape index (κ2) is 4.11. The van der Waals surface area contributed by atoms with Gasteiger partial charge in [0.15, 0.2) is 0 Å². The molecular weight excluding hydrogens is 204 g/mol. The van der Waals surface area contributed by atoms with Gasteiger partial charge < -0.3 is 0 Å². The smallest absolute Gasteiger partial charge is 0.142 e. The van der Waals surface area contributed by atoms with Crippen LogP contribution >= 0.6 is 11.3 Å². The van der Waals surface area contributed by atoms with Gasteiger partial charge in [-0.25, -0.2) is 4.98 Å². The van der Waals surface area contributed by atoms with E-state index in [1.807, 2.05) is 24.6 Å². The molecule has 78 valence electrons. The lowest BCUT2D eigenvalue weighted by Gasteiger charge is -2.04. The molecule has 0 spiro atoms. The highest BCUT2D eigenvalue weighted by molar-refractivity contribution is 7.13. The van der Waals surface area contributed by atoms with Crippen LogP contribution in [0.5, 0.6) is 0 Å². The van der Waals surface area contributed by atoms with Gasteiger partial charge in [0.1, 0.15) is 5.01 Å². The summed E-state index contributed by atoms with van der Waals surface area (Å²) in [6, 6.07) is 4.18. The van der Waals surface area contributed by atoms with Crippen LogP contribution in [0.15, 0.2) is 23.7 Å². The predicted molar refractivity (Wildman–Crippen MR) is 64.2 cm³/mol. The molecule has 0 aliphatic heterocycles. The second-order valence-corrected chi connectivity index (χ2v) is 4.78. The Morgan fingerprint density at radius 1 is 1.27 bits per heavy atom. The summed E-state index contributed by atoms with van der Waals surface area (Å²) >= 11 is 1.64. The average molecular weight is 218 g/mol. The Balaban J connectivity index is 2.31. The Kier molecular flexibility index (Phi) is 2.82. The van der Waals surface area contributed by atoms with Crippen LogP contribution < -0.4 is 0 Å². The van der Waals surface area contributed by atoms with Crippen molar-refractivity contribution in [2.24, 2.45) is 0 Å². The molecule has 0 N–H and O–H groups in total. The van der Waals surface area contributed by atoms with Crippen LogP contribution in [0.3, 0.4) is 0 Å². The van der Waals surface area contributed by atoms with E-state index in [4.69, 9.17) is 0 Å². The molecule has 0 radical (unpaired) electrons. The Morgan fingerprint density at radius 3 is 2.53 bits per heavy atom. The molecule has 2 nitrogen and oxygen atoms in total. The van der Waals surface area contributed by atoms with E-state index in [-0.39, 0.29) is 0 Å². The molecule has 0 atom stereocenters. The van der Waals surface area contributed by atoms with Crippen molar-refractivity contribution >= 4 is 11.3 Å². The van der Waals surface area contributed by atoms with E-state index in [1.54, 1.807) is 11.3 Å². The molecule has 3 heteroatoms. The number of rotatable bonds is 2. The van der Waals surface area contributed by atoms with Crippen molar-refractivity contribution in [3.05, 3.63) is 35.0 Å². The van der Waals surface area contributed by atoms with Crippen molar-refractivity contribution in [2.75, 3.05) is 0 Å². The Hall–Kier alpha value is -1.22. The standard InChI is InChI=1S/C12H14N2S/c1-8(2)10-4-5-11(13-6-10)12-14-9(3)7-15-12/h4-8H,1-3H3. The van der Waals surface area contributed by atoms with Gasteiger partial charge in [-0.05, 0) is 24.5 Å². The van der Waals surface area contributed by atoms with Crippen LogP contribution in [-0.2, 0) is 0 Å². The normalized spacial score (nSPS) is 10.9. The third-order valence-electron chi connectivity index (χ3n) is 2.29. The molecule has 2 rings (SSSR count). The van der Waals surface area contributed by atoms with Crippen molar-refractivity contribution < 1.29 is 0 Å². The summed E-state index contributed by atoms with van der Waals surface area (Å²) in [4.78, 5) is 8.84. The first-order valence-electron chi connectivity index (χ1n) is 5.05. The molecular formula is C12H14N2S. The summed E-state index contributed by atoms with van der Waals surface area (Å²) in [6.45, 7) is 6.34. The number of hydrogen-bond donors (Lipinski definition) is 0. The number of aryl methyl sites for hydroxylation is 1. The first kappa shape index (κ1) is 10.3. The highest BCUT2D eigenvalue weighted by Crippen LogP contribution is 2.22. The maximum Gasteiger partial charge on any atom is 0.142 e. The van der Waals surface area contributed by atoms with E-state index in [1.165, 1.54) is 5.56 Å². The Bertz CT molecular complexity index is 443. The summed E-state index contributed by atoms with van der Waals surface area (Å²) in [5.41, 5.74) is 3.30. The van der Waals surface area contributed by atoms with Crippen LogP contribution in [0.1, 0.15) is 31.0 Å². The first-order valence-corrected chi connectivity index (χ1v) is 5.93.